The number of hydrogen-bond donors (Lipinski definition) is 2. The summed E-state index contributed by atoms with van der Waals surface area (Å²) in [6.07, 6.45) is 7.63. The van der Waals surface area contributed by atoms with Gasteiger partial charge in [-0.2, -0.15) is 0 Å². The molecule has 0 aromatic carbocycles. The van der Waals surface area contributed by atoms with E-state index in [9.17, 15) is 14.7 Å². The molecule has 0 saturated carbocycles. The summed E-state index contributed by atoms with van der Waals surface area (Å²) in [7, 11) is 5.40. The number of allylic oxidation sites excluding steroid dienone is 2. The van der Waals surface area contributed by atoms with Gasteiger partial charge in [0.1, 0.15) is 6.29 Å². The molecular weight excluding hydrogens is 332 g/mol. The van der Waals surface area contributed by atoms with E-state index in [1.807, 2.05) is 20.2 Å². The summed E-state index contributed by atoms with van der Waals surface area (Å²) in [6, 6.07) is -0.542. The average molecular weight is 371 g/mol. The first kappa shape index (κ1) is 24.8. The lowest BCUT2D eigenvalue weighted by atomic mass is 10.0. The van der Waals surface area contributed by atoms with E-state index in [-0.39, 0.29) is 0 Å². The number of rotatable bonds is 15. The van der Waals surface area contributed by atoms with Crippen molar-refractivity contribution in [3.05, 3.63) is 12.2 Å². The van der Waals surface area contributed by atoms with Crippen LogP contribution in [-0.4, -0.2) is 68.2 Å². The monoisotopic (exact) mass is 370 g/mol. The molecule has 0 spiro atoms. The van der Waals surface area contributed by atoms with E-state index in [2.05, 4.69) is 30.1 Å². The van der Waals surface area contributed by atoms with Crippen LogP contribution in [0.15, 0.2) is 12.2 Å². The van der Waals surface area contributed by atoms with Gasteiger partial charge in [-0.25, -0.2) is 0 Å². The molecule has 0 saturated heterocycles. The Bertz CT molecular complexity index is 413. The van der Waals surface area contributed by atoms with Gasteiger partial charge in [0.05, 0.1) is 12.1 Å². The van der Waals surface area contributed by atoms with Crippen molar-refractivity contribution < 1.29 is 19.4 Å². The third-order valence-corrected chi connectivity index (χ3v) is 4.46. The summed E-state index contributed by atoms with van der Waals surface area (Å²) in [6.45, 7) is 5.21. The van der Waals surface area contributed by atoms with E-state index < -0.39 is 24.2 Å². The van der Waals surface area contributed by atoms with Gasteiger partial charge >= 0.3 is 0 Å². The number of aldehydes is 1. The van der Waals surface area contributed by atoms with Crippen LogP contribution in [0, 0.1) is 5.92 Å². The highest BCUT2D eigenvalue weighted by atomic mass is 16.5. The molecule has 4 atom stereocenters. The molecule has 1 amide bonds. The van der Waals surface area contributed by atoms with Crippen LogP contribution in [-0.2, 0) is 14.3 Å². The van der Waals surface area contributed by atoms with Gasteiger partial charge in [0.2, 0.25) is 0 Å². The highest BCUT2D eigenvalue weighted by molar-refractivity contribution is 5.84. The summed E-state index contributed by atoms with van der Waals surface area (Å²) in [5.41, 5.74) is 0. The van der Waals surface area contributed by atoms with Crippen molar-refractivity contribution in [3.8, 4) is 0 Å². The van der Waals surface area contributed by atoms with Crippen molar-refractivity contribution in [2.24, 2.45) is 5.92 Å². The first-order valence-corrected chi connectivity index (χ1v) is 9.63. The first-order valence-electron chi connectivity index (χ1n) is 9.63. The lowest BCUT2D eigenvalue weighted by Crippen LogP contribution is -2.47. The molecule has 0 aromatic rings. The van der Waals surface area contributed by atoms with Gasteiger partial charge in [-0.15, -0.1) is 0 Å². The molecule has 0 bridgehead atoms. The van der Waals surface area contributed by atoms with Gasteiger partial charge in [-0.1, -0.05) is 32.4 Å². The molecule has 6 nitrogen and oxygen atoms in total. The van der Waals surface area contributed by atoms with Crippen LogP contribution in [0.25, 0.3) is 0 Å². The summed E-state index contributed by atoms with van der Waals surface area (Å²) in [5.74, 6) is 0.0742. The van der Waals surface area contributed by atoms with Crippen LogP contribution in [0.1, 0.15) is 52.4 Å². The van der Waals surface area contributed by atoms with Crippen molar-refractivity contribution in [1.82, 2.24) is 10.2 Å². The number of carbonyl (C=O) groups is 2. The number of amides is 1. The summed E-state index contributed by atoms with van der Waals surface area (Å²) in [4.78, 5) is 25.6. The molecule has 4 unspecified atom stereocenters. The van der Waals surface area contributed by atoms with Crippen LogP contribution in [0.2, 0.25) is 0 Å². The smallest absolute Gasteiger partial charge is 0.252 e. The zero-order valence-corrected chi connectivity index (χ0v) is 17.1. The number of ether oxygens (including phenoxy) is 1. The Morgan fingerprint density at radius 1 is 1.27 bits per heavy atom. The first-order chi connectivity index (χ1) is 12.3. The summed E-state index contributed by atoms with van der Waals surface area (Å²) in [5, 5.41) is 12.9. The number of nitrogens with one attached hydrogen (secondary N) is 1. The van der Waals surface area contributed by atoms with Gasteiger partial charge in [0.25, 0.3) is 5.91 Å². The highest BCUT2D eigenvalue weighted by Gasteiger charge is 2.27. The predicted octanol–water partition coefficient (Wildman–Crippen LogP) is 2.16. The molecule has 0 aromatic heterocycles. The van der Waals surface area contributed by atoms with Gasteiger partial charge in [0, 0.05) is 7.11 Å². The molecule has 0 heterocycles. The molecule has 0 aliphatic carbocycles. The van der Waals surface area contributed by atoms with E-state index in [1.165, 1.54) is 7.11 Å². The molecule has 0 fully saturated rings. The minimum absolute atomic E-state index is 0.435. The number of aliphatic hydroxyl groups is 1. The number of nitrogens with zero attached hydrogens (tertiary/aromatic N) is 1. The quantitative estimate of drug-likeness (QED) is 0.262. The Labute approximate surface area is 159 Å². The Kier molecular flexibility index (Phi) is 14.2. The minimum atomic E-state index is -0.962. The molecule has 0 rings (SSSR count). The highest BCUT2D eigenvalue weighted by Crippen LogP contribution is 2.10. The Morgan fingerprint density at radius 3 is 2.50 bits per heavy atom. The van der Waals surface area contributed by atoms with E-state index in [1.54, 1.807) is 0 Å². The van der Waals surface area contributed by atoms with Gasteiger partial charge in [-0.3, -0.25) is 4.79 Å². The third-order valence-electron chi connectivity index (χ3n) is 4.46. The van der Waals surface area contributed by atoms with Crippen molar-refractivity contribution in [2.75, 3.05) is 27.7 Å². The lowest BCUT2D eigenvalue weighted by molar-refractivity contribution is -0.139. The van der Waals surface area contributed by atoms with Crippen molar-refractivity contribution in [1.29, 1.82) is 0 Å². The SMILES string of the molecule is CCC(C)/C=C/CCC(O)C(OC)C(=O)NC(C=O)CCCCN(C)C. The second kappa shape index (κ2) is 14.9. The normalized spacial score (nSPS) is 16.4. The fourth-order valence-electron chi connectivity index (χ4n) is 2.55. The number of carbonyl (C=O) groups excluding carboxylic acids is 2. The van der Waals surface area contributed by atoms with Crippen LogP contribution in [0.3, 0.4) is 0 Å². The van der Waals surface area contributed by atoms with Crippen LogP contribution in [0.5, 0.6) is 0 Å². The number of methoxy groups -OCH3 is 1. The number of unbranched alkanes of at least 4 members (excludes halogenated alkanes) is 1. The maximum Gasteiger partial charge on any atom is 0.252 e. The Morgan fingerprint density at radius 2 is 1.96 bits per heavy atom. The predicted molar refractivity (Wildman–Crippen MR) is 105 cm³/mol. The van der Waals surface area contributed by atoms with Gasteiger partial charge in [-0.05, 0) is 58.7 Å². The van der Waals surface area contributed by atoms with Crippen LogP contribution < -0.4 is 5.32 Å². The Balaban J connectivity index is 4.37. The van der Waals surface area contributed by atoms with E-state index in [0.717, 1.165) is 32.1 Å². The summed E-state index contributed by atoms with van der Waals surface area (Å²) >= 11 is 0. The third kappa shape index (κ3) is 11.4. The molecule has 152 valence electrons. The molecule has 2 N–H and O–H groups in total. The zero-order chi connectivity index (χ0) is 19.9. The number of aliphatic hydroxyl groups excluding tert-OH is 1. The van der Waals surface area contributed by atoms with Crippen molar-refractivity contribution in [3.63, 3.8) is 0 Å². The maximum absolute atomic E-state index is 12.3. The average Bonchev–Trinajstić information content (AvgIpc) is 2.61. The van der Waals surface area contributed by atoms with Gasteiger partial charge < -0.3 is 24.9 Å². The maximum atomic E-state index is 12.3. The fraction of sp³-hybridized carbons (Fsp3) is 0.800. The summed E-state index contributed by atoms with van der Waals surface area (Å²) < 4.78 is 5.17. The zero-order valence-electron chi connectivity index (χ0n) is 17.1. The van der Waals surface area contributed by atoms with E-state index >= 15 is 0 Å². The van der Waals surface area contributed by atoms with Gasteiger partial charge in [0.15, 0.2) is 6.10 Å². The molecule has 6 heteroatoms. The van der Waals surface area contributed by atoms with E-state index in [4.69, 9.17) is 4.74 Å². The fourth-order valence-corrected chi connectivity index (χ4v) is 2.55. The molecular formula is C20H38N2O4. The van der Waals surface area contributed by atoms with Crippen molar-refractivity contribution in [2.45, 2.75) is 70.6 Å². The van der Waals surface area contributed by atoms with Crippen molar-refractivity contribution >= 4 is 12.2 Å². The van der Waals surface area contributed by atoms with Crippen LogP contribution in [0.4, 0.5) is 0 Å². The Hall–Kier alpha value is -1.24. The molecule has 0 radical (unpaired) electrons. The topological polar surface area (TPSA) is 78.9 Å². The standard InChI is InChI=1S/C20H38N2O4/c1-6-16(2)11-7-8-13-18(24)19(26-5)20(25)21-17(15-23)12-9-10-14-22(3)4/h7,11,15-19,24H,6,8-10,12-14H2,1-5H3,(H,21,25)/b11-7+. The number of hydrogen-bond acceptors (Lipinski definition) is 5. The molecule has 26 heavy (non-hydrogen) atoms. The minimum Gasteiger partial charge on any atom is -0.390 e. The second-order valence-corrected chi connectivity index (χ2v) is 7.16. The lowest BCUT2D eigenvalue weighted by Gasteiger charge is -2.22. The molecule has 0 aliphatic heterocycles. The van der Waals surface area contributed by atoms with Crippen LogP contribution >= 0.6 is 0 Å². The largest absolute Gasteiger partial charge is 0.390 e. The second-order valence-electron chi connectivity index (χ2n) is 7.16. The molecule has 0 aliphatic rings. The van der Waals surface area contributed by atoms with E-state index in [0.29, 0.717) is 25.2 Å².